The summed E-state index contributed by atoms with van der Waals surface area (Å²) in [5.41, 5.74) is 1.76. The van der Waals surface area contributed by atoms with Gasteiger partial charge >= 0.3 is 0 Å². The molecule has 7 nitrogen and oxygen atoms in total. The molecular weight excluding hydrogens is 418 g/mol. The Kier molecular flexibility index (Phi) is 7.32. The quantitative estimate of drug-likeness (QED) is 0.430. The zero-order valence-electron chi connectivity index (χ0n) is 17.6. The average Bonchev–Trinajstić information content (AvgIpc) is 3.19. The van der Waals surface area contributed by atoms with Crippen molar-refractivity contribution in [3.05, 3.63) is 83.1 Å². The van der Waals surface area contributed by atoms with E-state index in [2.05, 4.69) is 27.8 Å². The van der Waals surface area contributed by atoms with Crippen LogP contribution in [0.25, 0.3) is 0 Å². The maximum absolute atomic E-state index is 13.3. The van der Waals surface area contributed by atoms with Crippen LogP contribution in [-0.2, 0) is 16.0 Å². The first-order valence-electron chi connectivity index (χ1n) is 10.1. The number of hydrogen-bond donors (Lipinski definition) is 4. The molecule has 1 aromatic heterocycles. The van der Waals surface area contributed by atoms with Crippen LogP contribution in [-0.4, -0.2) is 33.2 Å². The number of amides is 2. The largest absolute Gasteiger partial charge is 0.378 e. The zero-order valence-corrected chi connectivity index (χ0v) is 17.6. The summed E-state index contributed by atoms with van der Waals surface area (Å²) in [6.45, 7) is 3.50. The zero-order chi connectivity index (χ0) is 23.3. The number of aromatic amines is 1. The van der Waals surface area contributed by atoms with Gasteiger partial charge in [0, 0.05) is 17.8 Å². The number of rotatable bonds is 8. The number of halogens is 2. The maximum Gasteiger partial charge on any atom is 0.254 e. The molecule has 3 unspecified atom stereocenters. The fourth-order valence-corrected chi connectivity index (χ4v) is 3.24. The Labute approximate surface area is 183 Å². The Hall–Kier alpha value is -3.59. The van der Waals surface area contributed by atoms with Crippen LogP contribution >= 0.6 is 0 Å². The second-order valence-electron chi connectivity index (χ2n) is 7.62. The number of H-pyrrole nitrogens is 1. The second kappa shape index (κ2) is 10.1. The molecular formula is C23H24F2N4O3. The van der Waals surface area contributed by atoms with E-state index in [1.165, 1.54) is 12.5 Å². The van der Waals surface area contributed by atoms with Gasteiger partial charge in [-0.1, -0.05) is 37.3 Å². The van der Waals surface area contributed by atoms with Crippen LogP contribution in [0.5, 0.6) is 0 Å². The first-order valence-corrected chi connectivity index (χ1v) is 10.1. The number of aliphatic hydroxyl groups excluding tert-OH is 1. The molecule has 0 saturated heterocycles. The minimum Gasteiger partial charge on any atom is -0.378 e. The second-order valence-corrected chi connectivity index (χ2v) is 7.62. The van der Waals surface area contributed by atoms with Crippen molar-refractivity contribution in [2.45, 2.75) is 38.3 Å². The fraction of sp³-hybridized carbons (Fsp3) is 0.261. The molecule has 0 aliphatic carbocycles. The van der Waals surface area contributed by atoms with Gasteiger partial charge in [0.2, 0.25) is 5.91 Å². The van der Waals surface area contributed by atoms with Crippen molar-refractivity contribution in [2.75, 3.05) is 5.32 Å². The molecule has 1 heterocycles. The molecule has 4 N–H and O–H groups in total. The van der Waals surface area contributed by atoms with Crippen LogP contribution < -0.4 is 10.6 Å². The number of anilines is 1. The van der Waals surface area contributed by atoms with Crippen molar-refractivity contribution < 1.29 is 23.5 Å². The van der Waals surface area contributed by atoms with Gasteiger partial charge in [0.1, 0.15) is 17.7 Å². The predicted molar refractivity (Wildman–Crippen MR) is 115 cm³/mol. The lowest BCUT2D eigenvalue weighted by Gasteiger charge is -2.16. The summed E-state index contributed by atoms with van der Waals surface area (Å²) in [6, 6.07) is 13.0. The molecule has 2 amide bonds. The van der Waals surface area contributed by atoms with Crippen molar-refractivity contribution in [1.82, 2.24) is 15.5 Å². The summed E-state index contributed by atoms with van der Waals surface area (Å²) in [5.74, 6) is -2.84. The van der Waals surface area contributed by atoms with Crippen LogP contribution in [0.3, 0.4) is 0 Å². The number of aliphatic hydroxyl groups is 1. The van der Waals surface area contributed by atoms with Gasteiger partial charge in [-0.3, -0.25) is 14.7 Å². The van der Waals surface area contributed by atoms with Crippen molar-refractivity contribution in [1.29, 1.82) is 0 Å². The Balaban J connectivity index is 1.54. The van der Waals surface area contributed by atoms with E-state index in [0.29, 0.717) is 18.3 Å². The third kappa shape index (κ3) is 5.98. The van der Waals surface area contributed by atoms with Crippen LogP contribution in [0.1, 0.15) is 42.7 Å². The van der Waals surface area contributed by atoms with Crippen LogP contribution in [0.4, 0.5) is 14.6 Å². The highest BCUT2D eigenvalue weighted by atomic mass is 19.1. The van der Waals surface area contributed by atoms with Crippen LogP contribution in [0.2, 0.25) is 0 Å². The normalized spacial score (nSPS) is 13.8. The minimum absolute atomic E-state index is 0.243. The Morgan fingerprint density at radius 3 is 2.31 bits per heavy atom. The lowest BCUT2D eigenvalue weighted by Crippen LogP contribution is -2.43. The standard InChI is InChI=1S/C23H24F2N4O3/c1-13(15-6-4-3-5-7-15)8-19-12-20(29-28-19)27-22(31)14(2)26-23(32)21(30)16-9-17(24)11-18(25)10-16/h3-7,9-14,21,30H,8H2,1-2H3,(H,26,32)(H2,27,28,29,31). The topological polar surface area (TPSA) is 107 Å². The molecule has 0 aliphatic heterocycles. The monoisotopic (exact) mass is 442 g/mol. The van der Waals surface area contributed by atoms with E-state index >= 15 is 0 Å². The van der Waals surface area contributed by atoms with E-state index in [1.54, 1.807) is 6.07 Å². The number of carbonyl (C=O) groups excluding carboxylic acids is 2. The number of nitrogens with zero attached hydrogens (tertiary/aromatic N) is 1. The molecule has 0 radical (unpaired) electrons. The van der Waals surface area contributed by atoms with Crippen molar-refractivity contribution in [3.63, 3.8) is 0 Å². The van der Waals surface area contributed by atoms with E-state index in [4.69, 9.17) is 0 Å². The van der Waals surface area contributed by atoms with Gasteiger partial charge in [0.05, 0.1) is 0 Å². The Morgan fingerprint density at radius 2 is 1.66 bits per heavy atom. The number of nitrogens with one attached hydrogen (secondary N) is 3. The van der Waals surface area contributed by atoms with Crippen molar-refractivity contribution in [3.8, 4) is 0 Å². The Morgan fingerprint density at radius 1 is 1.00 bits per heavy atom. The van der Waals surface area contributed by atoms with Gasteiger partial charge in [0.25, 0.3) is 5.91 Å². The summed E-state index contributed by atoms with van der Waals surface area (Å²) < 4.78 is 26.6. The molecule has 3 atom stereocenters. The third-order valence-electron chi connectivity index (χ3n) is 4.98. The first-order chi connectivity index (χ1) is 15.2. The Bertz CT molecular complexity index is 1070. The number of hydrogen-bond acceptors (Lipinski definition) is 4. The fourth-order valence-electron chi connectivity index (χ4n) is 3.24. The van der Waals surface area contributed by atoms with Crippen molar-refractivity contribution in [2.24, 2.45) is 0 Å². The SMILES string of the molecule is CC(NC(=O)C(O)c1cc(F)cc(F)c1)C(=O)Nc1cc(CC(C)c2ccccc2)[nH]n1. The molecule has 0 fully saturated rings. The van der Waals surface area contributed by atoms with Gasteiger partial charge in [-0.15, -0.1) is 0 Å². The molecule has 0 spiro atoms. The predicted octanol–water partition coefficient (Wildman–Crippen LogP) is 3.21. The summed E-state index contributed by atoms with van der Waals surface area (Å²) in [4.78, 5) is 24.6. The van der Waals surface area contributed by atoms with E-state index < -0.39 is 35.6 Å². The summed E-state index contributed by atoms with van der Waals surface area (Å²) >= 11 is 0. The number of carbonyl (C=O) groups is 2. The van der Waals surface area contributed by atoms with Gasteiger partial charge in [-0.2, -0.15) is 5.10 Å². The number of aromatic nitrogens is 2. The third-order valence-corrected chi connectivity index (χ3v) is 4.98. The van der Waals surface area contributed by atoms with Gasteiger partial charge in [-0.05, 0) is 42.5 Å². The molecule has 32 heavy (non-hydrogen) atoms. The molecule has 0 aliphatic rings. The van der Waals surface area contributed by atoms with Gasteiger partial charge in [-0.25, -0.2) is 8.78 Å². The highest BCUT2D eigenvalue weighted by Crippen LogP contribution is 2.20. The molecule has 0 bridgehead atoms. The number of benzene rings is 2. The van der Waals surface area contributed by atoms with Gasteiger partial charge < -0.3 is 15.7 Å². The van der Waals surface area contributed by atoms with Crippen LogP contribution in [0.15, 0.2) is 54.6 Å². The summed E-state index contributed by atoms with van der Waals surface area (Å²) in [5, 5.41) is 21.9. The minimum atomic E-state index is -1.83. The van der Waals surface area contributed by atoms with E-state index in [1.807, 2.05) is 30.3 Å². The highest BCUT2D eigenvalue weighted by molar-refractivity contribution is 5.97. The van der Waals surface area contributed by atoms with E-state index in [0.717, 1.165) is 17.8 Å². The molecule has 9 heteroatoms. The maximum atomic E-state index is 13.3. The highest BCUT2D eigenvalue weighted by Gasteiger charge is 2.24. The van der Waals surface area contributed by atoms with Crippen molar-refractivity contribution >= 4 is 17.6 Å². The van der Waals surface area contributed by atoms with E-state index in [9.17, 15) is 23.5 Å². The summed E-state index contributed by atoms with van der Waals surface area (Å²) in [7, 11) is 0. The van der Waals surface area contributed by atoms with Crippen LogP contribution in [0, 0.1) is 11.6 Å². The molecule has 0 saturated carbocycles. The smallest absolute Gasteiger partial charge is 0.254 e. The summed E-state index contributed by atoms with van der Waals surface area (Å²) in [6.07, 6.45) is -1.14. The average molecular weight is 442 g/mol. The van der Waals surface area contributed by atoms with E-state index in [-0.39, 0.29) is 11.5 Å². The molecule has 3 rings (SSSR count). The molecule has 168 valence electrons. The lowest BCUT2D eigenvalue weighted by atomic mass is 9.96. The first kappa shape index (κ1) is 23.1. The lowest BCUT2D eigenvalue weighted by molar-refractivity contribution is -0.132. The molecule has 2 aromatic carbocycles. The van der Waals surface area contributed by atoms with Gasteiger partial charge in [0.15, 0.2) is 11.9 Å². The molecule has 3 aromatic rings.